The number of amides is 1. The topological polar surface area (TPSA) is 108 Å². The highest BCUT2D eigenvalue weighted by Gasteiger charge is 2.56. The van der Waals surface area contributed by atoms with Crippen LogP contribution >= 0.6 is 0 Å². The number of hydrogen-bond donors (Lipinski definition) is 2. The highest BCUT2D eigenvalue weighted by Crippen LogP contribution is 2.44. The molecule has 0 bridgehead atoms. The van der Waals surface area contributed by atoms with E-state index in [1.165, 1.54) is 0 Å². The second-order valence-corrected chi connectivity index (χ2v) is 24.2. The number of carbonyl (C=O) groups excluding carboxylic acids is 4. The molecule has 2 heterocycles. The molecule has 2 aliphatic rings. The van der Waals surface area contributed by atoms with Crippen molar-refractivity contribution in [1.29, 1.82) is 0 Å². The van der Waals surface area contributed by atoms with Gasteiger partial charge in [0.2, 0.25) is 0 Å². The summed E-state index contributed by atoms with van der Waals surface area (Å²) < 4.78 is 5.67. The van der Waals surface area contributed by atoms with E-state index in [2.05, 4.69) is 77.8 Å². The van der Waals surface area contributed by atoms with Gasteiger partial charge >= 0.3 is 6.09 Å². The number of ketones is 3. The lowest BCUT2D eigenvalue weighted by Crippen LogP contribution is -2.78. The molecule has 0 saturated carbocycles. The van der Waals surface area contributed by atoms with Crippen molar-refractivity contribution in [2.24, 2.45) is 16.2 Å². The zero-order valence-corrected chi connectivity index (χ0v) is 40.5. The number of carbonyl (C=O) groups is 4. The van der Waals surface area contributed by atoms with Gasteiger partial charge in [-0.15, -0.1) is 0 Å². The lowest BCUT2D eigenvalue weighted by atomic mass is 9.71. The van der Waals surface area contributed by atoms with Crippen LogP contribution in [0, 0.1) is 16.2 Å². The molecule has 2 fully saturated rings. The smallest absolute Gasteiger partial charge is 0.409 e. The summed E-state index contributed by atoms with van der Waals surface area (Å²) in [6.45, 7) is 39.4. The molecule has 0 radical (unpaired) electrons. The monoisotopic (exact) mass is 803 g/mol. The fourth-order valence-electron chi connectivity index (χ4n) is 9.91. The fourth-order valence-corrected chi connectivity index (χ4v) is 9.91. The van der Waals surface area contributed by atoms with Crippen molar-refractivity contribution in [3.8, 4) is 0 Å². The molecule has 0 aromatic rings. The van der Waals surface area contributed by atoms with Gasteiger partial charge in [0, 0.05) is 32.9 Å². The van der Waals surface area contributed by atoms with E-state index in [0.717, 1.165) is 90.0 Å². The summed E-state index contributed by atoms with van der Waals surface area (Å²) in [5, 5.41) is 7.35. The van der Waals surface area contributed by atoms with Gasteiger partial charge in [0.25, 0.3) is 0 Å². The number of likely N-dealkylation sites (tertiary alicyclic amines) is 2. The normalized spacial score (nSPS) is 20.9. The number of nitrogens with one attached hydrogen (secondary N) is 2. The molecule has 1 unspecified atom stereocenters. The van der Waals surface area contributed by atoms with Crippen LogP contribution in [0.2, 0.25) is 0 Å². The predicted octanol–water partition coefficient (Wildman–Crippen LogP) is 10.5. The Morgan fingerprint density at radius 1 is 0.596 bits per heavy atom. The van der Waals surface area contributed by atoms with E-state index in [-0.39, 0.29) is 39.7 Å². The molecule has 0 aromatic heterocycles. The minimum absolute atomic E-state index is 0.0617. The molecule has 2 saturated heterocycles. The van der Waals surface area contributed by atoms with Crippen LogP contribution in [0.5, 0.6) is 0 Å². The lowest BCUT2D eigenvalue weighted by Gasteiger charge is -2.53. The van der Waals surface area contributed by atoms with Crippen LogP contribution in [0.25, 0.3) is 0 Å². The summed E-state index contributed by atoms with van der Waals surface area (Å²) in [4.78, 5) is 58.9. The van der Waals surface area contributed by atoms with Gasteiger partial charge < -0.3 is 15.0 Å². The van der Waals surface area contributed by atoms with Crippen LogP contribution in [0.3, 0.4) is 0 Å². The van der Waals surface area contributed by atoms with E-state index in [1.807, 2.05) is 62.3 Å². The summed E-state index contributed by atoms with van der Waals surface area (Å²) in [6, 6.07) is 0. The Kier molecular flexibility index (Phi) is 16.9. The van der Waals surface area contributed by atoms with Crippen molar-refractivity contribution < 1.29 is 23.9 Å². The molecule has 2 rings (SSSR count). The molecule has 2 N–H and O–H groups in total. The maximum absolute atomic E-state index is 14.4. The Hall–Kier alpha value is -1.84. The van der Waals surface area contributed by atoms with E-state index >= 15 is 0 Å². The Morgan fingerprint density at radius 3 is 1.53 bits per heavy atom. The molecule has 0 aliphatic carbocycles. The van der Waals surface area contributed by atoms with E-state index in [1.54, 1.807) is 4.90 Å². The molecule has 2 atom stereocenters. The average Bonchev–Trinajstić information content (AvgIpc) is 3.45. The van der Waals surface area contributed by atoms with Crippen LogP contribution in [-0.2, 0) is 19.1 Å². The van der Waals surface area contributed by atoms with Crippen molar-refractivity contribution in [3.63, 3.8) is 0 Å². The van der Waals surface area contributed by atoms with Gasteiger partial charge in [-0.25, -0.2) is 4.79 Å². The predicted molar refractivity (Wildman–Crippen MR) is 237 cm³/mol. The first-order valence-electron chi connectivity index (χ1n) is 22.6. The van der Waals surface area contributed by atoms with E-state index in [9.17, 15) is 19.2 Å². The Labute approximate surface area is 350 Å². The molecule has 332 valence electrons. The molecule has 2 aliphatic heterocycles. The van der Waals surface area contributed by atoms with E-state index in [4.69, 9.17) is 4.74 Å². The zero-order valence-electron chi connectivity index (χ0n) is 40.5. The van der Waals surface area contributed by atoms with Gasteiger partial charge in [-0.3, -0.25) is 24.6 Å². The number of nitrogens with zero attached hydrogens (tertiary/aromatic N) is 2. The largest absolute Gasteiger partial charge is 0.449 e. The summed E-state index contributed by atoms with van der Waals surface area (Å²) in [5.74, 6) is 0.771. The van der Waals surface area contributed by atoms with Crippen LogP contribution in [0.15, 0.2) is 0 Å². The Bertz CT molecular complexity index is 1360. The number of ether oxygens (including phenoxy) is 1. The third-order valence-corrected chi connectivity index (χ3v) is 11.7. The molecular formula is C48H90N4O5. The van der Waals surface area contributed by atoms with E-state index < -0.39 is 27.4 Å². The van der Waals surface area contributed by atoms with Gasteiger partial charge in [-0.2, -0.15) is 0 Å². The maximum Gasteiger partial charge on any atom is 0.409 e. The first kappa shape index (κ1) is 51.3. The van der Waals surface area contributed by atoms with Crippen molar-refractivity contribution in [2.45, 2.75) is 241 Å². The number of unbranched alkanes of at least 4 members (excludes halogenated alkanes) is 6. The van der Waals surface area contributed by atoms with Gasteiger partial charge in [0.1, 0.15) is 5.54 Å². The zero-order chi connectivity index (χ0) is 44.1. The Morgan fingerprint density at radius 2 is 1.09 bits per heavy atom. The standard InChI is InChI=1S/C48H90N4O5/c1-40(2,3)36(53)46(49-43(10,11)12,28-23-19-20-25-30-48(38(55)42(7,8)9)31-27-32-52(48)45(16,17)18)29-24-21-22-26-33-57-39(56)51-34-47(35-51,50-44(13,14)15)37(54)41(4,5)6/h49-50H,19-35H2,1-18H3/t46?,48-/m0/s1. The summed E-state index contributed by atoms with van der Waals surface area (Å²) in [6.07, 6.45) is 11.6. The first-order valence-corrected chi connectivity index (χ1v) is 22.6. The van der Waals surface area contributed by atoms with Crippen LogP contribution in [-0.4, -0.2) is 92.7 Å². The lowest BCUT2D eigenvalue weighted by molar-refractivity contribution is -0.142. The minimum Gasteiger partial charge on any atom is -0.449 e. The number of rotatable bonds is 19. The second kappa shape index (κ2) is 18.8. The first-order chi connectivity index (χ1) is 25.6. The molecule has 57 heavy (non-hydrogen) atoms. The van der Waals surface area contributed by atoms with Crippen molar-refractivity contribution in [3.05, 3.63) is 0 Å². The second-order valence-electron chi connectivity index (χ2n) is 24.2. The Balaban J connectivity index is 1.99. The molecule has 0 aromatic carbocycles. The number of hydrogen-bond acceptors (Lipinski definition) is 8. The number of Topliss-reactive ketones (excluding diaryl/α,β-unsaturated/α-hetero) is 3. The minimum atomic E-state index is -0.757. The van der Waals surface area contributed by atoms with Crippen molar-refractivity contribution >= 4 is 23.4 Å². The summed E-state index contributed by atoms with van der Waals surface area (Å²) >= 11 is 0. The van der Waals surface area contributed by atoms with Gasteiger partial charge in [0.15, 0.2) is 17.3 Å². The fraction of sp³-hybridized carbons (Fsp3) is 0.917. The van der Waals surface area contributed by atoms with Gasteiger partial charge in [-0.1, -0.05) is 107 Å². The molecule has 9 nitrogen and oxygen atoms in total. The van der Waals surface area contributed by atoms with Crippen molar-refractivity contribution in [2.75, 3.05) is 26.2 Å². The summed E-state index contributed by atoms with van der Waals surface area (Å²) in [7, 11) is 0. The van der Waals surface area contributed by atoms with Crippen molar-refractivity contribution in [1.82, 2.24) is 20.4 Å². The molecular weight excluding hydrogens is 713 g/mol. The SMILES string of the molecule is CC(C)(C)NC(CCCCCCOC(=O)N1CC(NC(C)(C)C)(C(=O)C(C)(C)C)C1)(CCCCCC[C@@]1(C(=O)C(C)(C)C)CCCN1C(C)(C)C)C(=O)C(C)(C)C. The maximum atomic E-state index is 14.4. The van der Waals surface area contributed by atoms with Crippen LogP contribution in [0.1, 0.15) is 208 Å². The third-order valence-electron chi connectivity index (χ3n) is 11.7. The highest BCUT2D eigenvalue weighted by molar-refractivity contribution is 5.96. The average molecular weight is 803 g/mol. The third kappa shape index (κ3) is 14.4. The summed E-state index contributed by atoms with van der Waals surface area (Å²) in [5.41, 5.74) is -3.74. The van der Waals surface area contributed by atoms with E-state index in [0.29, 0.717) is 25.5 Å². The van der Waals surface area contributed by atoms with Crippen LogP contribution < -0.4 is 10.6 Å². The molecule has 1 amide bonds. The van der Waals surface area contributed by atoms with Gasteiger partial charge in [0.05, 0.1) is 30.8 Å². The van der Waals surface area contributed by atoms with Gasteiger partial charge in [-0.05, 0) is 107 Å². The van der Waals surface area contributed by atoms with Crippen LogP contribution in [0.4, 0.5) is 4.79 Å². The highest BCUT2D eigenvalue weighted by atomic mass is 16.6. The quantitative estimate of drug-likeness (QED) is 0.124. The molecule has 9 heteroatoms. The molecule has 0 spiro atoms.